The Bertz CT molecular complexity index is 445. The van der Waals surface area contributed by atoms with Gasteiger partial charge in [0.2, 0.25) is 0 Å². The van der Waals surface area contributed by atoms with Crippen molar-refractivity contribution < 1.29 is 9.53 Å². The Hall–Kier alpha value is -1.55. The molecule has 0 aliphatic carbocycles. The monoisotopic (exact) mass is 278 g/mol. The average molecular weight is 278 g/mol. The zero-order chi connectivity index (χ0) is 15.4. The fourth-order valence-electron chi connectivity index (χ4n) is 1.82. The third-order valence-corrected chi connectivity index (χ3v) is 2.76. The number of carbonyl (C=O) groups is 1. The van der Waals surface area contributed by atoms with Crippen LogP contribution in [0.25, 0.3) is 0 Å². The quantitative estimate of drug-likeness (QED) is 0.890. The first-order valence-electron chi connectivity index (χ1n) is 6.89. The number of ether oxygens (including phenoxy) is 1. The lowest BCUT2D eigenvalue weighted by Gasteiger charge is -2.26. The van der Waals surface area contributed by atoms with Crippen molar-refractivity contribution in [3.8, 4) is 0 Å². The van der Waals surface area contributed by atoms with Gasteiger partial charge in [-0.2, -0.15) is 0 Å². The summed E-state index contributed by atoms with van der Waals surface area (Å²) < 4.78 is 5.19. The van der Waals surface area contributed by atoms with Gasteiger partial charge >= 0.3 is 6.09 Å². The summed E-state index contributed by atoms with van der Waals surface area (Å²) in [6.45, 7) is 9.84. The Labute approximate surface area is 121 Å². The zero-order valence-electron chi connectivity index (χ0n) is 13.1. The molecule has 1 rings (SSSR count). The van der Waals surface area contributed by atoms with Crippen LogP contribution >= 0.6 is 0 Å². The van der Waals surface area contributed by atoms with E-state index in [-0.39, 0.29) is 0 Å². The van der Waals surface area contributed by atoms with E-state index in [2.05, 4.69) is 36.5 Å². The van der Waals surface area contributed by atoms with E-state index in [0.29, 0.717) is 13.0 Å². The van der Waals surface area contributed by atoms with Gasteiger partial charge in [0.1, 0.15) is 5.60 Å². The molecule has 0 fully saturated rings. The smallest absolute Gasteiger partial charge is 0.407 e. The van der Waals surface area contributed by atoms with Crippen molar-refractivity contribution in [3.63, 3.8) is 0 Å². The SMILES string of the molecule is Cc1ccc(CC(C)(N)CNC(=O)OC(C)(C)C)cc1. The maximum atomic E-state index is 11.6. The van der Waals surface area contributed by atoms with E-state index in [0.717, 1.165) is 5.56 Å². The first kappa shape index (κ1) is 16.5. The fraction of sp³-hybridized carbons (Fsp3) is 0.562. The second-order valence-electron chi connectivity index (χ2n) is 6.67. The molecule has 1 aromatic carbocycles. The van der Waals surface area contributed by atoms with Crippen LogP contribution in [-0.4, -0.2) is 23.8 Å². The van der Waals surface area contributed by atoms with Crippen LogP contribution < -0.4 is 11.1 Å². The topological polar surface area (TPSA) is 64.3 Å². The second kappa shape index (κ2) is 6.27. The van der Waals surface area contributed by atoms with Crippen molar-refractivity contribution in [1.82, 2.24) is 5.32 Å². The minimum Gasteiger partial charge on any atom is -0.444 e. The Kier molecular flexibility index (Phi) is 5.17. The molecule has 4 nitrogen and oxygen atoms in total. The van der Waals surface area contributed by atoms with Gasteiger partial charge in [-0.3, -0.25) is 0 Å². The first-order chi connectivity index (χ1) is 9.07. The van der Waals surface area contributed by atoms with Crippen LogP contribution in [0.3, 0.4) is 0 Å². The molecular weight excluding hydrogens is 252 g/mol. The van der Waals surface area contributed by atoms with Gasteiger partial charge in [0, 0.05) is 12.1 Å². The summed E-state index contributed by atoms with van der Waals surface area (Å²) in [4.78, 5) is 11.6. The summed E-state index contributed by atoms with van der Waals surface area (Å²) in [7, 11) is 0. The van der Waals surface area contributed by atoms with Gasteiger partial charge in [-0.15, -0.1) is 0 Å². The normalized spacial score (nSPS) is 14.5. The number of rotatable bonds is 4. The van der Waals surface area contributed by atoms with Crippen molar-refractivity contribution in [2.24, 2.45) is 5.73 Å². The number of benzene rings is 1. The molecule has 112 valence electrons. The molecule has 1 aromatic rings. The van der Waals surface area contributed by atoms with Crippen molar-refractivity contribution in [2.45, 2.75) is 52.2 Å². The van der Waals surface area contributed by atoms with E-state index < -0.39 is 17.2 Å². The minimum absolute atomic E-state index is 0.371. The molecule has 4 heteroatoms. The Morgan fingerprint density at radius 1 is 1.20 bits per heavy atom. The maximum absolute atomic E-state index is 11.6. The molecule has 0 radical (unpaired) electrons. The number of hydrogen-bond acceptors (Lipinski definition) is 3. The molecule has 0 heterocycles. The van der Waals surface area contributed by atoms with E-state index in [1.54, 1.807) is 0 Å². The van der Waals surface area contributed by atoms with E-state index in [9.17, 15) is 4.79 Å². The summed E-state index contributed by atoms with van der Waals surface area (Å²) in [5.74, 6) is 0. The minimum atomic E-state index is -0.508. The standard InChI is InChI=1S/C16H26N2O2/c1-12-6-8-13(9-7-12)10-16(5,17)11-18-14(19)20-15(2,3)4/h6-9H,10-11,17H2,1-5H3,(H,18,19). The fourth-order valence-corrected chi connectivity index (χ4v) is 1.82. The molecular formula is C16H26N2O2. The highest BCUT2D eigenvalue weighted by Crippen LogP contribution is 2.12. The van der Waals surface area contributed by atoms with Gasteiger partial charge < -0.3 is 15.8 Å². The summed E-state index contributed by atoms with van der Waals surface area (Å²) in [5.41, 5.74) is 7.61. The van der Waals surface area contributed by atoms with Crippen LogP contribution in [-0.2, 0) is 11.2 Å². The number of carbonyl (C=O) groups excluding carboxylic acids is 1. The van der Waals surface area contributed by atoms with Crippen LogP contribution in [0, 0.1) is 6.92 Å². The molecule has 1 unspecified atom stereocenters. The lowest BCUT2D eigenvalue weighted by Crippen LogP contribution is -2.50. The largest absolute Gasteiger partial charge is 0.444 e. The lowest BCUT2D eigenvalue weighted by molar-refractivity contribution is 0.0516. The van der Waals surface area contributed by atoms with Crippen LogP contribution in [0.2, 0.25) is 0 Å². The molecule has 0 aliphatic rings. The van der Waals surface area contributed by atoms with Gasteiger partial charge in [0.05, 0.1) is 0 Å². The number of alkyl carbamates (subject to hydrolysis) is 1. The summed E-state index contributed by atoms with van der Waals surface area (Å²) in [6.07, 6.45) is 0.265. The lowest BCUT2D eigenvalue weighted by atomic mass is 9.93. The molecule has 1 amide bonds. The van der Waals surface area contributed by atoms with E-state index >= 15 is 0 Å². The van der Waals surface area contributed by atoms with Gasteiger partial charge in [-0.25, -0.2) is 4.79 Å². The number of amides is 1. The van der Waals surface area contributed by atoms with Gasteiger partial charge in [-0.05, 0) is 46.6 Å². The number of hydrogen-bond donors (Lipinski definition) is 2. The predicted octanol–water partition coefficient (Wildman–Crippen LogP) is 2.78. The Morgan fingerprint density at radius 3 is 2.25 bits per heavy atom. The van der Waals surface area contributed by atoms with E-state index in [4.69, 9.17) is 10.5 Å². The molecule has 0 saturated heterocycles. The van der Waals surface area contributed by atoms with Crippen molar-refractivity contribution in [3.05, 3.63) is 35.4 Å². The molecule has 1 atom stereocenters. The van der Waals surface area contributed by atoms with Crippen LogP contribution in [0.15, 0.2) is 24.3 Å². The highest BCUT2D eigenvalue weighted by atomic mass is 16.6. The highest BCUT2D eigenvalue weighted by Gasteiger charge is 2.22. The number of nitrogens with two attached hydrogens (primary N) is 1. The number of aryl methyl sites for hydroxylation is 1. The maximum Gasteiger partial charge on any atom is 0.407 e. The summed E-state index contributed by atoms with van der Waals surface area (Å²) in [6, 6.07) is 8.25. The Balaban J connectivity index is 2.49. The zero-order valence-corrected chi connectivity index (χ0v) is 13.1. The van der Waals surface area contributed by atoms with Crippen LogP contribution in [0.1, 0.15) is 38.8 Å². The third kappa shape index (κ3) is 6.57. The first-order valence-corrected chi connectivity index (χ1v) is 6.89. The molecule has 20 heavy (non-hydrogen) atoms. The predicted molar refractivity (Wildman–Crippen MR) is 81.7 cm³/mol. The highest BCUT2D eigenvalue weighted by molar-refractivity contribution is 5.67. The van der Waals surface area contributed by atoms with Crippen LogP contribution in [0.4, 0.5) is 4.79 Å². The van der Waals surface area contributed by atoms with E-state index in [1.165, 1.54) is 5.56 Å². The second-order valence-corrected chi connectivity index (χ2v) is 6.67. The van der Waals surface area contributed by atoms with Gasteiger partial charge in [0.15, 0.2) is 0 Å². The van der Waals surface area contributed by atoms with E-state index in [1.807, 2.05) is 27.7 Å². The average Bonchev–Trinajstić information content (AvgIpc) is 2.27. The molecule has 0 aromatic heterocycles. The third-order valence-electron chi connectivity index (χ3n) is 2.76. The van der Waals surface area contributed by atoms with Gasteiger partial charge in [-0.1, -0.05) is 29.8 Å². The number of nitrogens with one attached hydrogen (secondary N) is 1. The van der Waals surface area contributed by atoms with Crippen LogP contribution in [0.5, 0.6) is 0 Å². The molecule has 0 spiro atoms. The molecule has 0 saturated carbocycles. The van der Waals surface area contributed by atoms with Crippen molar-refractivity contribution in [1.29, 1.82) is 0 Å². The molecule has 0 bridgehead atoms. The van der Waals surface area contributed by atoms with Gasteiger partial charge in [0.25, 0.3) is 0 Å². The molecule has 0 aliphatic heterocycles. The Morgan fingerprint density at radius 2 is 1.75 bits per heavy atom. The molecule has 3 N–H and O–H groups in total. The summed E-state index contributed by atoms with van der Waals surface area (Å²) in [5, 5.41) is 2.72. The summed E-state index contributed by atoms with van der Waals surface area (Å²) >= 11 is 0. The van der Waals surface area contributed by atoms with Crippen molar-refractivity contribution >= 4 is 6.09 Å². The van der Waals surface area contributed by atoms with Crippen molar-refractivity contribution in [2.75, 3.05) is 6.54 Å².